The molecule has 0 radical (unpaired) electrons. The Hall–Kier alpha value is -1.26. The van der Waals surface area contributed by atoms with Crippen molar-refractivity contribution in [3.63, 3.8) is 0 Å². The van der Waals surface area contributed by atoms with E-state index in [4.69, 9.17) is 9.84 Å². The van der Waals surface area contributed by atoms with Gasteiger partial charge >= 0.3 is 5.97 Å². The number of ether oxygens (including phenoxy) is 1. The molecule has 0 atom stereocenters. The minimum Gasteiger partial charge on any atom is -0.478 e. The van der Waals surface area contributed by atoms with Crippen LogP contribution in [-0.4, -0.2) is 24.2 Å². The second-order valence-electron chi connectivity index (χ2n) is 3.16. The summed E-state index contributed by atoms with van der Waals surface area (Å²) in [5, 5.41) is 12.0. The summed E-state index contributed by atoms with van der Waals surface area (Å²) in [6.07, 6.45) is 0. The zero-order chi connectivity index (χ0) is 9.97. The number of nitrogens with one attached hydrogen (secondary N) is 1. The van der Waals surface area contributed by atoms with Crippen molar-refractivity contribution in [3.05, 3.63) is 29.3 Å². The molecule has 1 aliphatic rings. The molecule has 0 saturated heterocycles. The van der Waals surface area contributed by atoms with E-state index in [-0.39, 0.29) is 12.4 Å². The summed E-state index contributed by atoms with van der Waals surface area (Å²) >= 11 is 0. The van der Waals surface area contributed by atoms with Crippen LogP contribution in [0.1, 0.15) is 15.9 Å². The van der Waals surface area contributed by atoms with Crippen molar-refractivity contribution < 1.29 is 14.6 Å². The first kappa shape index (κ1) is 11.8. The summed E-state index contributed by atoms with van der Waals surface area (Å²) in [6.45, 7) is 1.89. The van der Waals surface area contributed by atoms with Gasteiger partial charge in [0.25, 0.3) is 0 Å². The molecule has 1 aromatic rings. The second kappa shape index (κ2) is 5.00. The molecule has 0 fully saturated rings. The maximum absolute atomic E-state index is 10.7. The van der Waals surface area contributed by atoms with Crippen LogP contribution in [0.25, 0.3) is 0 Å². The molecular weight excluding hydrogens is 218 g/mol. The molecular formula is C10H12ClNO3. The Morgan fingerprint density at radius 2 is 2.27 bits per heavy atom. The third-order valence-electron chi connectivity index (χ3n) is 2.17. The lowest BCUT2D eigenvalue weighted by Crippen LogP contribution is -2.04. The fraction of sp³-hybridized carbons (Fsp3) is 0.300. The summed E-state index contributed by atoms with van der Waals surface area (Å²) < 4.78 is 5.30. The van der Waals surface area contributed by atoms with Crippen molar-refractivity contribution >= 4 is 24.1 Å². The summed E-state index contributed by atoms with van der Waals surface area (Å²) in [5.74, 6) is -0.906. The molecule has 15 heavy (non-hydrogen) atoms. The van der Waals surface area contributed by atoms with Gasteiger partial charge in [0.2, 0.25) is 0 Å². The molecule has 0 aliphatic carbocycles. The molecule has 1 aliphatic heterocycles. The molecule has 1 heterocycles. The maximum Gasteiger partial charge on any atom is 0.335 e. The lowest BCUT2D eigenvalue weighted by Gasteiger charge is -2.06. The first-order valence-corrected chi connectivity index (χ1v) is 4.45. The molecule has 0 bridgehead atoms. The summed E-state index contributed by atoms with van der Waals surface area (Å²) in [4.78, 5) is 10.7. The predicted octanol–water partition coefficient (Wildman–Crippen LogP) is 1.75. The summed E-state index contributed by atoms with van der Waals surface area (Å²) in [5.41, 5.74) is 2.17. The van der Waals surface area contributed by atoms with Crippen LogP contribution in [0.2, 0.25) is 0 Å². The minimum absolute atomic E-state index is 0. The molecule has 2 N–H and O–H groups in total. The normalized spacial score (nSPS) is 14.1. The Morgan fingerprint density at radius 3 is 3.00 bits per heavy atom. The molecule has 0 spiro atoms. The van der Waals surface area contributed by atoms with E-state index in [1.165, 1.54) is 0 Å². The van der Waals surface area contributed by atoms with Gasteiger partial charge in [0.15, 0.2) is 0 Å². The van der Waals surface area contributed by atoms with Crippen LogP contribution in [0.5, 0.6) is 0 Å². The van der Waals surface area contributed by atoms with Gasteiger partial charge in [-0.05, 0) is 18.2 Å². The second-order valence-corrected chi connectivity index (χ2v) is 3.16. The highest BCUT2D eigenvalue weighted by molar-refractivity contribution is 5.88. The molecule has 82 valence electrons. The van der Waals surface area contributed by atoms with Crippen LogP contribution in [-0.2, 0) is 11.3 Å². The zero-order valence-corrected chi connectivity index (χ0v) is 8.84. The Labute approximate surface area is 93.7 Å². The molecule has 2 rings (SSSR count). The Balaban J connectivity index is 0.00000112. The van der Waals surface area contributed by atoms with Crippen LogP contribution in [0, 0.1) is 0 Å². The van der Waals surface area contributed by atoms with E-state index in [2.05, 4.69) is 5.32 Å². The first-order valence-electron chi connectivity index (χ1n) is 4.45. The minimum atomic E-state index is -0.906. The Kier molecular flexibility index (Phi) is 3.94. The third-order valence-corrected chi connectivity index (χ3v) is 2.17. The molecule has 0 saturated carbocycles. The molecule has 0 unspecified atom stereocenters. The number of halogens is 1. The van der Waals surface area contributed by atoms with Crippen molar-refractivity contribution in [2.75, 3.05) is 18.5 Å². The van der Waals surface area contributed by atoms with Gasteiger partial charge in [-0.1, -0.05) is 0 Å². The number of anilines is 1. The average Bonchev–Trinajstić information content (AvgIpc) is 2.41. The molecule has 0 amide bonds. The number of carboxylic acid groups (broad SMARTS) is 1. The number of aromatic carboxylic acids is 1. The number of rotatable bonds is 1. The van der Waals surface area contributed by atoms with E-state index in [1.54, 1.807) is 18.2 Å². The predicted molar refractivity (Wildman–Crippen MR) is 58.8 cm³/mol. The molecule has 5 heteroatoms. The van der Waals surface area contributed by atoms with Crippen LogP contribution < -0.4 is 5.32 Å². The van der Waals surface area contributed by atoms with Gasteiger partial charge in [-0.25, -0.2) is 4.79 Å². The summed E-state index contributed by atoms with van der Waals surface area (Å²) in [7, 11) is 0. The lowest BCUT2D eigenvalue weighted by atomic mass is 10.1. The van der Waals surface area contributed by atoms with Gasteiger partial charge in [-0.15, -0.1) is 12.4 Å². The Morgan fingerprint density at radius 1 is 1.47 bits per heavy atom. The van der Waals surface area contributed by atoms with Gasteiger partial charge in [0, 0.05) is 17.8 Å². The zero-order valence-electron chi connectivity index (χ0n) is 8.03. The van der Waals surface area contributed by atoms with Crippen LogP contribution in [0.4, 0.5) is 5.69 Å². The fourth-order valence-electron chi connectivity index (χ4n) is 1.46. The smallest absolute Gasteiger partial charge is 0.335 e. The van der Waals surface area contributed by atoms with E-state index in [9.17, 15) is 4.79 Å². The van der Waals surface area contributed by atoms with Crippen LogP contribution in [0.15, 0.2) is 18.2 Å². The first-order chi connectivity index (χ1) is 6.77. The monoisotopic (exact) mass is 229 g/mol. The van der Waals surface area contributed by atoms with Gasteiger partial charge in [-0.3, -0.25) is 0 Å². The highest BCUT2D eigenvalue weighted by atomic mass is 35.5. The number of benzene rings is 1. The standard InChI is InChI=1S/C10H11NO3.ClH/c12-10(13)7-1-2-9-8(5-7)6-14-4-3-11-9;/h1-2,5,11H,3-4,6H2,(H,12,13);1H. The Bertz CT molecular complexity index is 368. The van der Waals surface area contributed by atoms with Crippen molar-refractivity contribution in [2.45, 2.75) is 6.61 Å². The highest BCUT2D eigenvalue weighted by Crippen LogP contribution is 2.20. The fourth-order valence-corrected chi connectivity index (χ4v) is 1.46. The SMILES string of the molecule is Cl.O=C(O)c1ccc2c(c1)COCCN2. The van der Waals surface area contributed by atoms with E-state index >= 15 is 0 Å². The number of hydrogen-bond acceptors (Lipinski definition) is 3. The van der Waals surface area contributed by atoms with Gasteiger partial charge in [0.05, 0.1) is 18.8 Å². The number of carbonyl (C=O) groups is 1. The van der Waals surface area contributed by atoms with E-state index in [0.717, 1.165) is 17.8 Å². The quantitative estimate of drug-likeness (QED) is 0.770. The lowest BCUT2D eigenvalue weighted by molar-refractivity contribution is 0.0696. The summed E-state index contributed by atoms with van der Waals surface area (Å²) in [6, 6.07) is 5.03. The third kappa shape index (κ3) is 2.61. The topological polar surface area (TPSA) is 58.6 Å². The van der Waals surface area contributed by atoms with Crippen molar-refractivity contribution in [3.8, 4) is 0 Å². The van der Waals surface area contributed by atoms with Crippen molar-refractivity contribution in [1.29, 1.82) is 0 Å². The van der Waals surface area contributed by atoms with Gasteiger partial charge < -0.3 is 15.2 Å². The highest BCUT2D eigenvalue weighted by Gasteiger charge is 2.10. The molecule has 4 nitrogen and oxygen atoms in total. The largest absolute Gasteiger partial charge is 0.478 e. The maximum atomic E-state index is 10.7. The van der Waals surface area contributed by atoms with Gasteiger partial charge in [0.1, 0.15) is 0 Å². The van der Waals surface area contributed by atoms with Crippen LogP contribution in [0.3, 0.4) is 0 Å². The van der Waals surface area contributed by atoms with E-state index in [1.807, 2.05) is 0 Å². The van der Waals surface area contributed by atoms with Crippen LogP contribution >= 0.6 is 12.4 Å². The van der Waals surface area contributed by atoms with E-state index in [0.29, 0.717) is 18.8 Å². The average molecular weight is 230 g/mol. The van der Waals surface area contributed by atoms with E-state index < -0.39 is 5.97 Å². The number of fused-ring (bicyclic) bond motifs is 1. The number of carboxylic acids is 1. The van der Waals surface area contributed by atoms with Gasteiger partial charge in [-0.2, -0.15) is 0 Å². The number of hydrogen-bond donors (Lipinski definition) is 2. The van der Waals surface area contributed by atoms with Crippen molar-refractivity contribution in [1.82, 2.24) is 0 Å². The molecule has 0 aromatic heterocycles. The van der Waals surface area contributed by atoms with Crippen molar-refractivity contribution in [2.24, 2.45) is 0 Å². The molecule has 1 aromatic carbocycles.